The van der Waals surface area contributed by atoms with E-state index in [4.69, 9.17) is 16.6 Å². The Kier molecular flexibility index (Phi) is 5.95. The molecule has 0 atom stereocenters. The molecule has 0 saturated heterocycles. The number of aromatic nitrogens is 2. The summed E-state index contributed by atoms with van der Waals surface area (Å²) in [5.74, 6) is 0.335. The van der Waals surface area contributed by atoms with Crippen molar-refractivity contribution in [2.24, 2.45) is 0 Å². The Bertz CT molecular complexity index is 1180. The van der Waals surface area contributed by atoms with E-state index in [1.54, 1.807) is 23.5 Å². The normalized spacial score (nSPS) is 13.6. The SMILES string of the molecule is Cc1ccc(Cl)cc1NC(=O)Cn1c(CN(C)C)nc2sc3c(c2c1=O)CCCC3. The standard InChI is InChI=1S/C22H25ClN4O2S/c1-13-8-9-14(23)10-16(13)24-19(28)12-27-18(11-26(2)3)25-21-20(22(27)29)15-6-4-5-7-17(15)30-21/h8-10H,4-7,11-12H2,1-3H3,(H,24,28). The Balaban J connectivity index is 1.74. The first-order valence-corrected chi connectivity index (χ1v) is 11.3. The van der Waals surface area contributed by atoms with Gasteiger partial charge in [0.2, 0.25) is 5.91 Å². The molecule has 0 fully saturated rings. The van der Waals surface area contributed by atoms with Crippen LogP contribution in [0.3, 0.4) is 0 Å². The van der Waals surface area contributed by atoms with E-state index < -0.39 is 0 Å². The second-order valence-electron chi connectivity index (χ2n) is 8.06. The molecule has 1 aliphatic carbocycles. The third-order valence-corrected chi connectivity index (χ3v) is 6.81. The molecule has 0 aliphatic heterocycles. The number of rotatable bonds is 5. The van der Waals surface area contributed by atoms with Gasteiger partial charge < -0.3 is 10.2 Å². The summed E-state index contributed by atoms with van der Waals surface area (Å²) < 4.78 is 1.53. The Morgan fingerprint density at radius 3 is 2.83 bits per heavy atom. The van der Waals surface area contributed by atoms with E-state index in [9.17, 15) is 9.59 Å². The highest BCUT2D eigenvalue weighted by Gasteiger charge is 2.23. The lowest BCUT2D eigenvalue weighted by molar-refractivity contribution is -0.116. The maximum atomic E-state index is 13.5. The third kappa shape index (κ3) is 4.15. The number of fused-ring (bicyclic) bond motifs is 3. The highest BCUT2D eigenvalue weighted by Crippen LogP contribution is 2.33. The van der Waals surface area contributed by atoms with Crippen molar-refractivity contribution in [2.45, 2.75) is 45.7 Å². The molecule has 2 heterocycles. The first kappa shape index (κ1) is 21.0. The molecular formula is C22H25ClN4O2S. The van der Waals surface area contributed by atoms with Crippen LogP contribution in [0, 0.1) is 6.92 Å². The fourth-order valence-electron chi connectivity index (χ4n) is 3.91. The van der Waals surface area contributed by atoms with Crippen LogP contribution in [0.2, 0.25) is 5.02 Å². The van der Waals surface area contributed by atoms with Crippen molar-refractivity contribution in [3.05, 3.63) is 55.4 Å². The molecule has 0 spiro atoms. The molecule has 30 heavy (non-hydrogen) atoms. The second-order valence-corrected chi connectivity index (χ2v) is 9.58. The molecule has 1 aromatic carbocycles. The van der Waals surface area contributed by atoms with Crippen molar-refractivity contribution in [1.29, 1.82) is 0 Å². The first-order valence-electron chi connectivity index (χ1n) is 10.1. The smallest absolute Gasteiger partial charge is 0.263 e. The number of aryl methyl sites for hydroxylation is 3. The molecule has 3 aromatic rings. The lowest BCUT2D eigenvalue weighted by Gasteiger charge is -2.17. The zero-order chi connectivity index (χ0) is 21.4. The van der Waals surface area contributed by atoms with E-state index in [2.05, 4.69) is 5.32 Å². The molecule has 0 saturated carbocycles. The van der Waals surface area contributed by atoms with Gasteiger partial charge in [-0.15, -0.1) is 11.3 Å². The van der Waals surface area contributed by atoms with Gasteiger partial charge in [-0.2, -0.15) is 0 Å². The average Bonchev–Trinajstić information content (AvgIpc) is 3.05. The summed E-state index contributed by atoms with van der Waals surface area (Å²) in [6.07, 6.45) is 4.16. The van der Waals surface area contributed by atoms with Gasteiger partial charge >= 0.3 is 0 Å². The number of anilines is 1. The minimum atomic E-state index is -0.271. The van der Waals surface area contributed by atoms with Gasteiger partial charge in [-0.05, 0) is 70.0 Å². The van der Waals surface area contributed by atoms with Gasteiger partial charge in [-0.3, -0.25) is 14.2 Å². The molecule has 2 aromatic heterocycles. The number of thiophene rings is 1. The fraction of sp³-hybridized carbons (Fsp3) is 0.409. The molecule has 8 heteroatoms. The molecular weight excluding hydrogens is 420 g/mol. The minimum absolute atomic E-state index is 0.0818. The Hall–Kier alpha value is -2.22. The van der Waals surface area contributed by atoms with E-state index in [-0.39, 0.29) is 18.0 Å². The zero-order valence-corrected chi connectivity index (χ0v) is 19.0. The highest BCUT2D eigenvalue weighted by atomic mass is 35.5. The number of benzene rings is 1. The zero-order valence-electron chi connectivity index (χ0n) is 17.4. The largest absolute Gasteiger partial charge is 0.324 e. The van der Waals surface area contributed by atoms with Gasteiger partial charge in [0.15, 0.2) is 0 Å². The third-order valence-electron chi connectivity index (χ3n) is 5.39. The van der Waals surface area contributed by atoms with Crippen LogP contribution in [0.1, 0.15) is 34.7 Å². The predicted octanol–water partition coefficient (Wildman–Crippen LogP) is 4.00. The molecule has 6 nitrogen and oxygen atoms in total. The molecule has 0 bridgehead atoms. The quantitative estimate of drug-likeness (QED) is 0.645. The van der Waals surface area contributed by atoms with Crippen LogP contribution in [-0.2, 0) is 30.7 Å². The number of carbonyl (C=O) groups excluding carboxylic acids is 1. The number of hydrogen-bond acceptors (Lipinski definition) is 5. The Morgan fingerprint density at radius 1 is 1.30 bits per heavy atom. The van der Waals surface area contributed by atoms with Crippen LogP contribution in [0.4, 0.5) is 5.69 Å². The Morgan fingerprint density at radius 2 is 2.07 bits per heavy atom. The number of amides is 1. The van der Waals surface area contributed by atoms with Crippen LogP contribution in [0.5, 0.6) is 0 Å². The fourth-order valence-corrected chi connectivity index (χ4v) is 5.35. The maximum Gasteiger partial charge on any atom is 0.263 e. The van der Waals surface area contributed by atoms with Crippen LogP contribution in [0.25, 0.3) is 10.2 Å². The lowest BCUT2D eigenvalue weighted by atomic mass is 9.97. The van der Waals surface area contributed by atoms with Gasteiger partial charge in [0.1, 0.15) is 17.2 Å². The molecule has 158 valence electrons. The number of carbonyl (C=O) groups is 1. The average molecular weight is 445 g/mol. The number of nitrogens with one attached hydrogen (secondary N) is 1. The number of nitrogens with zero attached hydrogens (tertiary/aromatic N) is 3. The van der Waals surface area contributed by atoms with Gasteiger partial charge in [0.05, 0.1) is 11.9 Å². The van der Waals surface area contributed by atoms with Crippen LogP contribution in [-0.4, -0.2) is 34.5 Å². The molecule has 1 N–H and O–H groups in total. The summed E-state index contributed by atoms with van der Waals surface area (Å²) in [5, 5.41) is 4.14. The van der Waals surface area contributed by atoms with Crippen molar-refractivity contribution >= 4 is 44.7 Å². The van der Waals surface area contributed by atoms with E-state index in [1.165, 1.54) is 9.44 Å². The molecule has 1 amide bonds. The van der Waals surface area contributed by atoms with Crippen LogP contribution >= 0.6 is 22.9 Å². The summed E-state index contributed by atoms with van der Waals surface area (Å²) in [6, 6.07) is 5.35. The second kappa shape index (κ2) is 8.49. The first-order chi connectivity index (χ1) is 14.3. The molecule has 0 unspecified atom stereocenters. The van der Waals surface area contributed by atoms with E-state index in [0.717, 1.165) is 41.6 Å². The maximum absolute atomic E-state index is 13.5. The van der Waals surface area contributed by atoms with Gasteiger partial charge in [-0.25, -0.2) is 4.98 Å². The molecule has 1 aliphatic rings. The van der Waals surface area contributed by atoms with Gasteiger partial charge in [0, 0.05) is 15.6 Å². The Labute approximate surface area is 184 Å². The predicted molar refractivity (Wildman–Crippen MR) is 123 cm³/mol. The highest BCUT2D eigenvalue weighted by molar-refractivity contribution is 7.18. The summed E-state index contributed by atoms with van der Waals surface area (Å²) in [7, 11) is 3.85. The molecule has 0 radical (unpaired) electrons. The van der Waals surface area contributed by atoms with Gasteiger partial charge in [-0.1, -0.05) is 17.7 Å². The topological polar surface area (TPSA) is 67.2 Å². The lowest BCUT2D eigenvalue weighted by Crippen LogP contribution is -2.33. The van der Waals surface area contributed by atoms with E-state index in [1.807, 2.05) is 32.0 Å². The minimum Gasteiger partial charge on any atom is -0.324 e. The van der Waals surface area contributed by atoms with Crippen molar-refractivity contribution in [3.63, 3.8) is 0 Å². The summed E-state index contributed by atoms with van der Waals surface area (Å²) in [5.41, 5.74) is 2.58. The summed E-state index contributed by atoms with van der Waals surface area (Å²) >= 11 is 7.70. The number of hydrogen-bond donors (Lipinski definition) is 1. The monoisotopic (exact) mass is 444 g/mol. The van der Waals surface area contributed by atoms with Crippen LogP contribution < -0.4 is 10.9 Å². The number of halogens is 1. The summed E-state index contributed by atoms with van der Waals surface area (Å²) in [4.78, 5) is 35.2. The van der Waals surface area contributed by atoms with Crippen LogP contribution in [0.15, 0.2) is 23.0 Å². The van der Waals surface area contributed by atoms with Crippen molar-refractivity contribution in [2.75, 3.05) is 19.4 Å². The van der Waals surface area contributed by atoms with Crippen molar-refractivity contribution in [1.82, 2.24) is 14.5 Å². The van der Waals surface area contributed by atoms with Crippen molar-refractivity contribution < 1.29 is 4.79 Å². The molecule has 4 rings (SSSR count). The van der Waals surface area contributed by atoms with E-state index >= 15 is 0 Å². The summed E-state index contributed by atoms with van der Waals surface area (Å²) in [6.45, 7) is 2.31. The van der Waals surface area contributed by atoms with Crippen molar-refractivity contribution in [3.8, 4) is 0 Å². The van der Waals surface area contributed by atoms with Gasteiger partial charge in [0.25, 0.3) is 5.56 Å². The van der Waals surface area contributed by atoms with E-state index in [0.29, 0.717) is 28.5 Å².